The first-order valence-corrected chi connectivity index (χ1v) is 18.2. The maximum atomic E-state index is 12.9. The maximum Gasteiger partial charge on any atom is 0.270 e. The zero-order valence-corrected chi connectivity index (χ0v) is 31.1. The molecule has 0 spiro atoms. The van der Waals surface area contributed by atoms with E-state index in [4.69, 9.17) is 19.1 Å². The summed E-state index contributed by atoms with van der Waals surface area (Å²) in [5, 5.41) is 8.58. The van der Waals surface area contributed by atoms with Crippen LogP contribution in [0.3, 0.4) is 0 Å². The highest BCUT2D eigenvalue weighted by molar-refractivity contribution is 6.04. The second-order valence-corrected chi connectivity index (χ2v) is 14.0. The monoisotopic (exact) mass is 744 g/mol. The highest BCUT2D eigenvalue weighted by Crippen LogP contribution is 2.36. The van der Waals surface area contributed by atoms with Crippen LogP contribution < -0.4 is 20.9 Å². The molecular weight excluding hydrogens is 709 g/mol. The lowest BCUT2D eigenvalue weighted by molar-refractivity contribution is -0.134. The van der Waals surface area contributed by atoms with Crippen LogP contribution >= 0.6 is 0 Å². The lowest BCUT2D eigenvalue weighted by Crippen LogP contribution is -2.39. The van der Waals surface area contributed by atoms with Gasteiger partial charge in [-0.2, -0.15) is 0 Å². The van der Waals surface area contributed by atoms with Gasteiger partial charge in [-0.1, -0.05) is 30.0 Å². The normalized spacial score (nSPS) is 14.2. The number of carbonyl (C=O) groups is 3. The molecule has 3 amide bonds. The van der Waals surface area contributed by atoms with Crippen LogP contribution in [0.4, 0.5) is 0 Å². The Labute approximate surface area is 320 Å². The van der Waals surface area contributed by atoms with Crippen LogP contribution in [0.25, 0.3) is 55.2 Å². The van der Waals surface area contributed by atoms with Gasteiger partial charge in [-0.15, -0.1) is 0 Å². The van der Waals surface area contributed by atoms with Gasteiger partial charge in [0.25, 0.3) is 11.5 Å². The van der Waals surface area contributed by atoms with Crippen LogP contribution in [-0.2, 0) is 16.6 Å². The molecular formula is C44H36N6O6. The molecule has 0 saturated carbocycles. The summed E-state index contributed by atoms with van der Waals surface area (Å²) in [5.41, 5.74) is 6.49. The van der Waals surface area contributed by atoms with Gasteiger partial charge >= 0.3 is 0 Å². The molecule has 6 heterocycles. The predicted molar refractivity (Wildman–Crippen MR) is 212 cm³/mol. The van der Waals surface area contributed by atoms with Crippen LogP contribution in [0.5, 0.6) is 5.88 Å². The summed E-state index contributed by atoms with van der Waals surface area (Å²) in [7, 11) is 1.75. The highest BCUT2D eigenvalue weighted by atomic mass is 16.5. The van der Waals surface area contributed by atoms with Gasteiger partial charge in [-0.05, 0) is 75.0 Å². The number of pyridine rings is 4. The molecule has 8 rings (SSSR count). The van der Waals surface area contributed by atoms with Crippen molar-refractivity contribution < 1.29 is 23.5 Å². The van der Waals surface area contributed by atoms with E-state index < -0.39 is 5.92 Å². The van der Waals surface area contributed by atoms with Gasteiger partial charge in [0.2, 0.25) is 17.7 Å². The van der Waals surface area contributed by atoms with E-state index in [1.54, 1.807) is 67.5 Å². The van der Waals surface area contributed by atoms with Crippen LogP contribution in [0.2, 0.25) is 0 Å². The average molecular weight is 745 g/mol. The van der Waals surface area contributed by atoms with E-state index in [0.717, 1.165) is 43.8 Å². The van der Waals surface area contributed by atoms with Crippen molar-refractivity contribution in [1.29, 1.82) is 0 Å². The Morgan fingerprint density at radius 2 is 1.88 bits per heavy atom. The zero-order valence-electron chi connectivity index (χ0n) is 31.1. The second kappa shape index (κ2) is 14.6. The molecule has 1 aliphatic rings. The van der Waals surface area contributed by atoms with Crippen molar-refractivity contribution in [2.45, 2.75) is 45.6 Å². The summed E-state index contributed by atoms with van der Waals surface area (Å²) in [6, 6.07) is 20.5. The first-order valence-electron chi connectivity index (χ1n) is 18.2. The number of ether oxygens (including phenoxy) is 1. The first-order chi connectivity index (χ1) is 27.0. The highest BCUT2D eigenvalue weighted by Gasteiger charge is 2.30. The third-order valence-corrected chi connectivity index (χ3v) is 9.83. The lowest BCUT2D eigenvalue weighted by Gasteiger charge is -2.19. The Hall–Kier alpha value is -7.13. The molecule has 5 aromatic heterocycles. The van der Waals surface area contributed by atoms with Crippen molar-refractivity contribution in [2.24, 2.45) is 7.05 Å². The van der Waals surface area contributed by atoms with E-state index >= 15 is 0 Å². The number of nitrogens with one attached hydrogen (secondary N) is 2. The van der Waals surface area contributed by atoms with Crippen molar-refractivity contribution >= 4 is 50.4 Å². The fraction of sp³-hybridized carbons (Fsp3) is 0.205. The molecule has 278 valence electrons. The molecule has 56 heavy (non-hydrogen) atoms. The zero-order chi connectivity index (χ0) is 39.1. The van der Waals surface area contributed by atoms with E-state index in [9.17, 15) is 19.2 Å². The molecule has 12 heteroatoms. The number of aryl methyl sites for hydroxylation is 2. The summed E-state index contributed by atoms with van der Waals surface area (Å²) >= 11 is 0. The molecule has 2 N–H and O–H groups in total. The van der Waals surface area contributed by atoms with Crippen molar-refractivity contribution in [1.82, 2.24) is 30.2 Å². The number of furan rings is 1. The van der Waals surface area contributed by atoms with Crippen LogP contribution in [0.15, 0.2) is 94.6 Å². The number of aromatic nitrogens is 4. The second-order valence-electron chi connectivity index (χ2n) is 14.0. The van der Waals surface area contributed by atoms with Crippen molar-refractivity contribution in [3.8, 4) is 40.2 Å². The van der Waals surface area contributed by atoms with Crippen molar-refractivity contribution in [3.05, 3.63) is 118 Å². The van der Waals surface area contributed by atoms with E-state index in [0.29, 0.717) is 40.4 Å². The SMILES string of the molecule is Cc1cc2c(-c3cccc4cc(-c5ccc(C(=O)NCC#Cc6ccc7occ(C8CCC(=O)NC8=O)c7c6)nc5)ncc34)nc(OC(C)C)cc2n(C)c1=O. The molecule has 0 radical (unpaired) electrons. The molecule has 1 unspecified atom stereocenters. The largest absolute Gasteiger partial charge is 0.475 e. The molecule has 7 aromatic rings. The summed E-state index contributed by atoms with van der Waals surface area (Å²) in [4.78, 5) is 63.9. The van der Waals surface area contributed by atoms with Gasteiger partial charge in [-0.3, -0.25) is 34.5 Å². The van der Waals surface area contributed by atoms with Gasteiger partial charge in [0.15, 0.2) is 0 Å². The number of fused-ring (bicyclic) bond motifs is 3. The molecule has 2 aromatic carbocycles. The minimum atomic E-state index is -0.471. The minimum Gasteiger partial charge on any atom is -0.475 e. The Morgan fingerprint density at radius 1 is 1.02 bits per heavy atom. The van der Waals surface area contributed by atoms with Gasteiger partial charge in [0.1, 0.15) is 11.3 Å². The number of carbonyl (C=O) groups excluding carboxylic acids is 3. The van der Waals surface area contributed by atoms with Gasteiger partial charge in [-0.25, -0.2) is 4.98 Å². The number of nitrogens with zero attached hydrogens (tertiary/aromatic N) is 4. The Bertz CT molecular complexity index is 2860. The molecule has 1 atom stereocenters. The summed E-state index contributed by atoms with van der Waals surface area (Å²) in [6.07, 6.45) is 5.56. The maximum absolute atomic E-state index is 12.9. The number of imide groups is 1. The molecule has 12 nitrogen and oxygen atoms in total. The Morgan fingerprint density at radius 3 is 2.66 bits per heavy atom. The van der Waals surface area contributed by atoms with E-state index in [2.05, 4.69) is 27.5 Å². The van der Waals surface area contributed by atoms with Crippen molar-refractivity contribution in [3.63, 3.8) is 0 Å². The summed E-state index contributed by atoms with van der Waals surface area (Å²) < 4.78 is 13.3. The Kier molecular flexibility index (Phi) is 9.35. The molecule has 1 aliphatic heterocycles. The number of hydrogen-bond acceptors (Lipinski definition) is 9. The van der Waals surface area contributed by atoms with Crippen LogP contribution in [0.1, 0.15) is 59.8 Å². The predicted octanol–water partition coefficient (Wildman–Crippen LogP) is 6.35. The number of piperidine rings is 1. The summed E-state index contributed by atoms with van der Waals surface area (Å²) in [6.45, 7) is 5.75. The van der Waals surface area contributed by atoms with E-state index in [1.807, 2.05) is 50.2 Å². The number of benzene rings is 2. The molecule has 1 fully saturated rings. The molecule has 1 saturated heterocycles. The number of hydrogen-bond donors (Lipinski definition) is 2. The summed E-state index contributed by atoms with van der Waals surface area (Å²) in [5.74, 6) is 5.01. The van der Waals surface area contributed by atoms with Crippen molar-refractivity contribution in [2.75, 3.05) is 6.54 Å². The lowest BCUT2D eigenvalue weighted by atomic mass is 9.90. The van der Waals surface area contributed by atoms with Gasteiger partial charge < -0.3 is 19.0 Å². The quantitative estimate of drug-likeness (QED) is 0.140. The fourth-order valence-electron chi connectivity index (χ4n) is 7.06. The van der Waals surface area contributed by atoms with E-state index in [1.165, 1.54) is 0 Å². The van der Waals surface area contributed by atoms with Crippen LogP contribution in [-0.4, -0.2) is 49.9 Å². The molecule has 0 bridgehead atoms. The third-order valence-electron chi connectivity index (χ3n) is 9.83. The standard InChI is InChI=1S/C44H36N6O6/c1-24(2)56-40-20-37-32(17-25(3)44(54)50(37)4)41(49-40)29-9-5-8-27-19-36(47-22-33(27)29)28-11-13-35(46-21-28)43(53)45-16-6-7-26-10-14-38-31(18-26)34(23-55-38)30-12-15-39(51)48-42(30)52/h5,8-11,13-14,17-24,30H,12,15-16H2,1-4H3,(H,45,53)(H,48,51,52). The minimum absolute atomic E-state index is 0.0791. The van der Waals surface area contributed by atoms with Gasteiger partial charge in [0.05, 0.1) is 41.7 Å². The van der Waals surface area contributed by atoms with Crippen LogP contribution in [0, 0.1) is 18.8 Å². The number of rotatable bonds is 7. The van der Waals surface area contributed by atoms with Gasteiger partial charge in [0, 0.05) is 75.9 Å². The topological polar surface area (TPSA) is 158 Å². The fourth-order valence-corrected chi connectivity index (χ4v) is 7.06. The van der Waals surface area contributed by atoms with E-state index in [-0.39, 0.29) is 48.0 Å². The molecule has 0 aliphatic carbocycles. The number of amides is 3. The first kappa shape index (κ1) is 35.9. The Balaban J connectivity index is 0.986. The smallest absolute Gasteiger partial charge is 0.270 e. The average Bonchev–Trinajstić information content (AvgIpc) is 3.61. The third kappa shape index (κ3) is 6.86.